The van der Waals surface area contributed by atoms with Crippen LogP contribution in [0, 0.1) is 11.8 Å². The van der Waals surface area contributed by atoms with Gasteiger partial charge in [-0.2, -0.15) is 0 Å². The predicted molar refractivity (Wildman–Crippen MR) is 74.9 cm³/mol. The number of likely N-dealkylation sites (tertiary alicyclic amines) is 1. The monoisotopic (exact) mass is 284 g/mol. The summed E-state index contributed by atoms with van der Waals surface area (Å²) in [6.45, 7) is 3.80. The Morgan fingerprint density at radius 1 is 1.14 bits per heavy atom. The van der Waals surface area contributed by atoms with E-state index in [4.69, 9.17) is 0 Å². The number of hydrogen-bond acceptors (Lipinski definition) is 5. The number of hydrogen-bond donors (Lipinski definition) is 1. The van der Waals surface area contributed by atoms with Crippen LogP contribution in [0.3, 0.4) is 0 Å². The van der Waals surface area contributed by atoms with Crippen LogP contribution in [0.1, 0.15) is 10.4 Å². The molecule has 0 radical (unpaired) electrons. The van der Waals surface area contributed by atoms with Crippen molar-refractivity contribution in [3.63, 3.8) is 0 Å². The van der Waals surface area contributed by atoms with Crippen molar-refractivity contribution >= 4 is 5.91 Å². The van der Waals surface area contributed by atoms with Crippen LogP contribution < -0.4 is 5.32 Å². The number of nitrogens with zero attached hydrogens (tertiary/aromatic N) is 5. The molecule has 2 aliphatic heterocycles. The summed E-state index contributed by atoms with van der Waals surface area (Å²) < 4.78 is 1.57. The maximum atomic E-state index is 12.5. The highest BCUT2D eigenvalue weighted by Gasteiger charge is 2.38. The molecule has 1 amide bonds. The summed E-state index contributed by atoms with van der Waals surface area (Å²) in [4.78, 5) is 14.5. The lowest BCUT2D eigenvalue weighted by atomic mass is 10.0. The first kappa shape index (κ1) is 12.5. The average Bonchev–Trinajstić information content (AvgIpc) is 3.23. The van der Waals surface area contributed by atoms with Gasteiger partial charge in [-0.1, -0.05) is 0 Å². The smallest absolute Gasteiger partial charge is 0.253 e. The Morgan fingerprint density at radius 3 is 2.48 bits per heavy atom. The topological polar surface area (TPSA) is 75.9 Å². The third-order valence-corrected chi connectivity index (χ3v) is 4.40. The van der Waals surface area contributed by atoms with E-state index in [1.165, 1.54) is 6.33 Å². The first-order valence-corrected chi connectivity index (χ1v) is 7.14. The number of carbonyl (C=O) groups excluding carboxylic acids is 1. The van der Waals surface area contributed by atoms with E-state index in [0.29, 0.717) is 11.8 Å². The summed E-state index contributed by atoms with van der Waals surface area (Å²) in [6.07, 6.45) is 1.53. The van der Waals surface area contributed by atoms with E-state index in [0.717, 1.165) is 37.4 Å². The number of benzene rings is 1. The summed E-state index contributed by atoms with van der Waals surface area (Å²) >= 11 is 0. The number of tetrazole rings is 1. The number of amides is 1. The van der Waals surface area contributed by atoms with E-state index in [1.807, 2.05) is 29.2 Å². The van der Waals surface area contributed by atoms with Crippen LogP contribution in [-0.4, -0.2) is 57.2 Å². The Kier molecular flexibility index (Phi) is 2.92. The van der Waals surface area contributed by atoms with Gasteiger partial charge in [-0.05, 0) is 46.5 Å². The largest absolute Gasteiger partial charge is 0.338 e. The molecule has 1 aromatic heterocycles. The van der Waals surface area contributed by atoms with Gasteiger partial charge >= 0.3 is 0 Å². The van der Waals surface area contributed by atoms with Crippen molar-refractivity contribution in [2.24, 2.45) is 11.8 Å². The first-order valence-electron chi connectivity index (χ1n) is 7.14. The van der Waals surface area contributed by atoms with Gasteiger partial charge in [0.25, 0.3) is 5.91 Å². The molecule has 0 unspecified atom stereocenters. The van der Waals surface area contributed by atoms with Crippen molar-refractivity contribution in [2.75, 3.05) is 26.2 Å². The van der Waals surface area contributed by atoms with Crippen molar-refractivity contribution in [1.82, 2.24) is 30.4 Å². The molecule has 0 aliphatic carbocycles. The average molecular weight is 284 g/mol. The lowest BCUT2D eigenvalue weighted by molar-refractivity contribution is 0.0781. The Balaban J connectivity index is 1.50. The Labute approximate surface area is 121 Å². The molecule has 108 valence electrons. The molecule has 1 aromatic carbocycles. The highest BCUT2D eigenvalue weighted by atomic mass is 16.2. The minimum atomic E-state index is 0.118. The molecule has 0 bridgehead atoms. The van der Waals surface area contributed by atoms with Crippen LogP contribution in [0.2, 0.25) is 0 Å². The van der Waals surface area contributed by atoms with Crippen LogP contribution in [0.15, 0.2) is 30.6 Å². The van der Waals surface area contributed by atoms with Gasteiger partial charge in [0.05, 0.1) is 5.69 Å². The van der Waals surface area contributed by atoms with Gasteiger partial charge in [-0.25, -0.2) is 4.68 Å². The lowest BCUT2D eigenvalue weighted by Crippen LogP contribution is -2.31. The summed E-state index contributed by atoms with van der Waals surface area (Å²) in [5, 5.41) is 14.4. The second-order valence-corrected chi connectivity index (χ2v) is 5.69. The van der Waals surface area contributed by atoms with E-state index in [2.05, 4.69) is 20.8 Å². The summed E-state index contributed by atoms with van der Waals surface area (Å²) in [6, 6.07) is 7.40. The Hall–Kier alpha value is -2.28. The van der Waals surface area contributed by atoms with Gasteiger partial charge in [0.1, 0.15) is 6.33 Å². The quantitative estimate of drug-likeness (QED) is 0.837. The lowest BCUT2D eigenvalue weighted by Gasteiger charge is -2.17. The van der Waals surface area contributed by atoms with E-state index in [1.54, 1.807) is 4.68 Å². The van der Waals surface area contributed by atoms with Crippen molar-refractivity contribution in [2.45, 2.75) is 0 Å². The van der Waals surface area contributed by atoms with Crippen molar-refractivity contribution in [3.05, 3.63) is 36.2 Å². The highest BCUT2D eigenvalue weighted by molar-refractivity contribution is 5.94. The maximum absolute atomic E-state index is 12.5. The molecule has 1 N–H and O–H groups in total. The van der Waals surface area contributed by atoms with Crippen LogP contribution >= 0.6 is 0 Å². The van der Waals surface area contributed by atoms with E-state index >= 15 is 0 Å². The van der Waals surface area contributed by atoms with Gasteiger partial charge in [0.2, 0.25) is 0 Å². The van der Waals surface area contributed by atoms with Crippen molar-refractivity contribution in [3.8, 4) is 5.69 Å². The standard InChI is InChI=1S/C14H16N6O/c21-14(19-7-11-5-15-6-12(11)8-19)10-1-3-13(4-2-10)20-9-16-17-18-20/h1-4,9,11-12,15H,5-8H2/t11-,12+. The second-order valence-electron chi connectivity index (χ2n) is 5.69. The molecule has 2 saturated heterocycles. The minimum Gasteiger partial charge on any atom is -0.338 e. The fraction of sp³-hybridized carbons (Fsp3) is 0.429. The predicted octanol–water partition coefficient (Wildman–Crippen LogP) is -0.0463. The highest BCUT2D eigenvalue weighted by Crippen LogP contribution is 2.27. The van der Waals surface area contributed by atoms with Gasteiger partial charge in [-0.3, -0.25) is 4.79 Å². The molecule has 2 fully saturated rings. The molecule has 0 saturated carbocycles. The fourth-order valence-electron chi connectivity index (χ4n) is 3.24. The second kappa shape index (κ2) is 4.92. The summed E-state index contributed by atoms with van der Waals surface area (Å²) in [5.41, 5.74) is 1.57. The molecular weight excluding hydrogens is 268 g/mol. The third kappa shape index (κ3) is 2.19. The SMILES string of the molecule is O=C(c1ccc(-n2cnnn2)cc1)N1C[C@H]2CNC[C@H]2C1. The van der Waals surface area contributed by atoms with Crippen molar-refractivity contribution in [1.29, 1.82) is 0 Å². The zero-order valence-electron chi connectivity index (χ0n) is 11.5. The molecule has 2 aliphatic rings. The molecule has 0 spiro atoms. The molecule has 7 nitrogen and oxygen atoms in total. The van der Waals surface area contributed by atoms with Crippen molar-refractivity contribution < 1.29 is 4.79 Å². The molecule has 4 rings (SSSR count). The minimum absolute atomic E-state index is 0.118. The first-order chi connectivity index (χ1) is 10.3. The van der Waals surface area contributed by atoms with E-state index in [9.17, 15) is 4.79 Å². The molecule has 2 atom stereocenters. The third-order valence-electron chi connectivity index (χ3n) is 4.40. The van der Waals surface area contributed by atoms with Crippen LogP contribution in [0.5, 0.6) is 0 Å². The fourth-order valence-corrected chi connectivity index (χ4v) is 3.24. The molecule has 2 aromatic rings. The molecule has 21 heavy (non-hydrogen) atoms. The van der Waals surface area contributed by atoms with Crippen LogP contribution in [0.4, 0.5) is 0 Å². The van der Waals surface area contributed by atoms with Gasteiger partial charge in [-0.15, -0.1) is 5.10 Å². The van der Waals surface area contributed by atoms with Crippen LogP contribution in [-0.2, 0) is 0 Å². The number of aromatic nitrogens is 4. The number of fused-ring (bicyclic) bond motifs is 1. The molecule has 3 heterocycles. The van der Waals surface area contributed by atoms with E-state index in [-0.39, 0.29) is 5.91 Å². The number of rotatable bonds is 2. The Morgan fingerprint density at radius 2 is 1.86 bits per heavy atom. The molecular formula is C14H16N6O. The maximum Gasteiger partial charge on any atom is 0.253 e. The van der Waals surface area contributed by atoms with Crippen LogP contribution in [0.25, 0.3) is 5.69 Å². The summed E-state index contributed by atoms with van der Waals surface area (Å²) in [7, 11) is 0. The zero-order valence-corrected chi connectivity index (χ0v) is 11.5. The normalized spacial score (nSPS) is 24.3. The zero-order chi connectivity index (χ0) is 14.2. The van der Waals surface area contributed by atoms with Gasteiger partial charge in [0, 0.05) is 31.7 Å². The Bertz CT molecular complexity index is 626. The molecule has 7 heteroatoms. The number of nitrogens with one attached hydrogen (secondary N) is 1. The van der Waals surface area contributed by atoms with Gasteiger partial charge < -0.3 is 10.2 Å². The van der Waals surface area contributed by atoms with E-state index < -0.39 is 0 Å². The van der Waals surface area contributed by atoms with Gasteiger partial charge in [0.15, 0.2) is 0 Å². The summed E-state index contributed by atoms with van der Waals surface area (Å²) in [5.74, 6) is 1.36. The number of carbonyl (C=O) groups is 1.